The van der Waals surface area contributed by atoms with Gasteiger partial charge >= 0.3 is 6.03 Å². The molecule has 0 unspecified atom stereocenters. The van der Waals surface area contributed by atoms with Gasteiger partial charge in [0.2, 0.25) is 0 Å². The molecule has 0 bridgehead atoms. The Kier molecular flexibility index (Phi) is 4.93. The molecule has 2 amide bonds. The number of nitrogens with zero attached hydrogens (tertiary/aromatic N) is 4. The number of piperidine rings is 1. The van der Waals surface area contributed by atoms with Crippen molar-refractivity contribution < 1.29 is 9.59 Å². The SMILES string of the molecule is Cc1cccc(CN2CCC3(CCN(C(=O)n4ccc(C(N)=O)n4)CC3)C2)c1. The molecule has 3 heterocycles. The number of carbonyl (C=O) groups excluding carboxylic acids is 2. The van der Waals surface area contributed by atoms with E-state index in [4.69, 9.17) is 5.73 Å². The third kappa shape index (κ3) is 3.80. The van der Waals surface area contributed by atoms with Gasteiger partial charge in [-0.05, 0) is 49.8 Å². The van der Waals surface area contributed by atoms with Gasteiger partial charge in [-0.25, -0.2) is 4.79 Å². The molecule has 0 atom stereocenters. The van der Waals surface area contributed by atoms with E-state index in [9.17, 15) is 9.59 Å². The zero-order valence-electron chi connectivity index (χ0n) is 16.3. The molecule has 2 aliphatic rings. The smallest absolute Gasteiger partial charge is 0.344 e. The highest BCUT2D eigenvalue weighted by molar-refractivity contribution is 5.91. The van der Waals surface area contributed by atoms with Crippen LogP contribution >= 0.6 is 0 Å². The lowest BCUT2D eigenvalue weighted by atomic mass is 9.78. The molecule has 148 valence electrons. The first-order chi connectivity index (χ1) is 13.4. The summed E-state index contributed by atoms with van der Waals surface area (Å²) in [6.07, 6.45) is 4.71. The molecule has 7 nitrogen and oxygen atoms in total. The largest absolute Gasteiger partial charge is 0.364 e. The second-order valence-corrected chi connectivity index (χ2v) is 8.23. The quantitative estimate of drug-likeness (QED) is 0.884. The highest BCUT2D eigenvalue weighted by atomic mass is 16.2. The number of amides is 2. The van der Waals surface area contributed by atoms with Crippen molar-refractivity contribution in [1.29, 1.82) is 0 Å². The number of hydrogen-bond donors (Lipinski definition) is 1. The van der Waals surface area contributed by atoms with Crippen LogP contribution in [0.4, 0.5) is 4.79 Å². The monoisotopic (exact) mass is 381 g/mol. The van der Waals surface area contributed by atoms with E-state index in [0.717, 1.165) is 45.6 Å². The predicted molar refractivity (Wildman–Crippen MR) is 106 cm³/mol. The van der Waals surface area contributed by atoms with Crippen LogP contribution in [0.15, 0.2) is 36.5 Å². The third-order valence-electron chi connectivity index (χ3n) is 6.14. The number of nitrogens with two attached hydrogens (primary N) is 1. The van der Waals surface area contributed by atoms with E-state index in [2.05, 4.69) is 41.2 Å². The maximum atomic E-state index is 12.6. The molecule has 2 saturated heterocycles. The van der Waals surface area contributed by atoms with Gasteiger partial charge in [0.15, 0.2) is 5.69 Å². The Hall–Kier alpha value is -2.67. The van der Waals surface area contributed by atoms with E-state index in [0.29, 0.717) is 5.41 Å². The number of rotatable bonds is 3. The number of hydrogen-bond acceptors (Lipinski definition) is 4. The maximum absolute atomic E-state index is 12.6. The summed E-state index contributed by atoms with van der Waals surface area (Å²) in [7, 11) is 0. The number of benzene rings is 1. The van der Waals surface area contributed by atoms with Crippen molar-refractivity contribution in [3.8, 4) is 0 Å². The highest BCUT2D eigenvalue weighted by Gasteiger charge is 2.41. The number of likely N-dealkylation sites (tertiary alicyclic amines) is 2. The Morgan fingerprint density at radius 1 is 1.14 bits per heavy atom. The average molecular weight is 381 g/mol. The molecule has 1 aromatic heterocycles. The predicted octanol–water partition coefficient (Wildman–Crippen LogP) is 2.25. The minimum Gasteiger partial charge on any atom is -0.364 e. The zero-order chi connectivity index (χ0) is 19.7. The molecule has 1 spiro atoms. The van der Waals surface area contributed by atoms with Gasteiger partial charge < -0.3 is 10.6 Å². The van der Waals surface area contributed by atoms with Crippen molar-refractivity contribution in [2.24, 2.45) is 11.1 Å². The van der Waals surface area contributed by atoms with E-state index < -0.39 is 5.91 Å². The zero-order valence-corrected chi connectivity index (χ0v) is 16.3. The summed E-state index contributed by atoms with van der Waals surface area (Å²) >= 11 is 0. The van der Waals surface area contributed by atoms with Crippen molar-refractivity contribution in [2.45, 2.75) is 32.7 Å². The van der Waals surface area contributed by atoms with Gasteiger partial charge in [0.05, 0.1) is 0 Å². The molecule has 0 radical (unpaired) electrons. The Balaban J connectivity index is 1.33. The van der Waals surface area contributed by atoms with Gasteiger partial charge in [-0.15, -0.1) is 0 Å². The van der Waals surface area contributed by atoms with E-state index in [1.807, 2.05) is 4.90 Å². The number of aryl methyl sites for hydroxylation is 1. The Morgan fingerprint density at radius 2 is 1.89 bits per heavy atom. The molecule has 2 fully saturated rings. The number of carbonyl (C=O) groups is 2. The van der Waals surface area contributed by atoms with Crippen LogP contribution in [0, 0.1) is 12.3 Å². The van der Waals surface area contributed by atoms with Crippen LogP contribution in [-0.4, -0.2) is 57.7 Å². The van der Waals surface area contributed by atoms with Gasteiger partial charge in [0.25, 0.3) is 5.91 Å². The minimum atomic E-state index is -0.621. The fourth-order valence-corrected chi connectivity index (χ4v) is 4.52. The summed E-state index contributed by atoms with van der Waals surface area (Å²) in [6, 6.07) is 10.0. The summed E-state index contributed by atoms with van der Waals surface area (Å²) in [5, 5.41) is 3.98. The summed E-state index contributed by atoms with van der Waals surface area (Å²) in [4.78, 5) is 28.2. The Bertz CT molecular complexity index is 882. The average Bonchev–Trinajstić information content (AvgIpc) is 3.30. The van der Waals surface area contributed by atoms with Crippen molar-refractivity contribution in [2.75, 3.05) is 26.2 Å². The van der Waals surface area contributed by atoms with Crippen molar-refractivity contribution in [3.05, 3.63) is 53.3 Å². The van der Waals surface area contributed by atoms with E-state index in [-0.39, 0.29) is 11.7 Å². The van der Waals surface area contributed by atoms with Crippen LogP contribution in [0.2, 0.25) is 0 Å². The van der Waals surface area contributed by atoms with Gasteiger partial charge in [-0.2, -0.15) is 9.78 Å². The summed E-state index contributed by atoms with van der Waals surface area (Å²) in [6.45, 7) is 6.79. The molecule has 0 aliphatic carbocycles. The van der Waals surface area contributed by atoms with Crippen LogP contribution in [0.1, 0.15) is 40.9 Å². The fourth-order valence-electron chi connectivity index (χ4n) is 4.52. The molecule has 7 heteroatoms. The lowest BCUT2D eigenvalue weighted by molar-refractivity contribution is 0.0994. The van der Waals surface area contributed by atoms with Crippen molar-refractivity contribution >= 4 is 11.9 Å². The van der Waals surface area contributed by atoms with Crippen LogP contribution in [-0.2, 0) is 6.54 Å². The second-order valence-electron chi connectivity index (χ2n) is 8.23. The van der Waals surface area contributed by atoms with Crippen molar-refractivity contribution in [1.82, 2.24) is 19.6 Å². The minimum absolute atomic E-state index is 0.115. The molecule has 2 aromatic rings. The lowest BCUT2D eigenvalue weighted by Crippen LogP contribution is -2.45. The molecular formula is C21H27N5O2. The number of primary amides is 1. The molecular weight excluding hydrogens is 354 g/mol. The molecule has 0 saturated carbocycles. The first-order valence-corrected chi connectivity index (χ1v) is 9.87. The first-order valence-electron chi connectivity index (χ1n) is 9.87. The highest BCUT2D eigenvalue weighted by Crippen LogP contribution is 2.40. The molecule has 2 aliphatic heterocycles. The van der Waals surface area contributed by atoms with E-state index in [1.165, 1.54) is 34.5 Å². The van der Waals surface area contributed by atoms with E-state index >= 15 is 0 Å². The normalized spacial score (nSPS) is 19.2. The standard InChI is InChI=1S/C21H27N5O2/c1-16-3-2-4-17(13-16)14-24-10-6-21(15-24)7-11-25(12-8-21)20(28)26-9-5-18(23-26)19(22)27/h2-5,9,13H,6-8,10-12,14-15H2,1H3,(H2,22,27). The van der Waals surface area contributed by atoms with Crippen molar-refractivity contribution in [3.63, 3.8) is 0 Å². The molecule has 1 aromatic carbocycles. The lowest BCUT2D eigenvalue weighted by Gasteiger charge is -2.39. The maximum Gasteiger partial charge on any atom is 0.344 e. The third-order valence-corrected chi connectivity index (χ3v) is 6.14. The van der Waals surface area contributed by atoms with Crippen LogP contribution in [0.5, 0.6) is 0 Å². The second kappa shape index (κ2) is 7.39. The van der Waals surface area contributed by atoms with Crippen LogP contribution < -0.4 is 5.73 Å². The summed E-state index contributed by atoms with van der Waals surface area (Å²) < 4.78 is 1.22. The Morgan fingerprint density at radius 3 is 2.57 bits per heavy atom. The van der Waals surface area contributed by atoms with Gasteiger partial charge in [0.1, 0.15) is 0 Å². The molecule has 4 rings (SSSR count). The summed E-state index contributed by atoms with van der Waals surface area (Å²) in [5.41, 5.74) is 8.31. The van der Waals surface area contributed by atoms with Gasteiger partial charge in [0, 0.05) is 32.4 Å². The van der Waals surface area contributed by atoms with Gasteiger partial charge in [-0.1, -0.05) is 29.8 Å². The van der Waals surface area contributed by atoms with E-state index in [1.54, 1.807) is 0 Å². The Labute approximate surface area is 165 Å². The molecule has 28 heavy (non-hydrogen) atoms. The van der Waals surface area contributed by atoms with Crippen LogP contribution in [0.25, 0.3) is 0 Å². The first kappa shape index (κ1) is 18.7. The topological polar surface area (TPSA) is 84.5 Å². The summed E-state index contributed by atoms with van der Waals surface area (Å²) in [5.74, 6) is -0.621. The van der Waals surface area contributed by atoms with Crippen LogP contribution in [0.3, 0.4) is 0 Å². The van der Waals surface area contributed by atoms with Gasteiger partial charge in [-0.3, -0.25) is 9.69 Å². The number of aromatic nitrogens is 2. The fraction of sp³-hybridized carbons (Fsp3) is 0.476. The molecule has 2 N–H and O–H groups in total.